The smallest absolute Gasteiger partial charge is 0.322 e. The lowest BCUT2D eigenvalue weighted by atomic mass is 9.94. The van der Waals surface area contributed by atoms with Crippen molar-refractivity contribution in [3.8, 4) is 0 Å². The Hall–Kier alpha value is -3.26. The summed E-state index contributed by atoms with van der Waals surface area (Å²) in [7, 11) is 0. The molecule has 0 radical (unpaired) electrons. The van der Waals surface area contributed by atoms with Crippen LogP contribution in [0, 0.1) is 11.7 Å². The molecule has 2 rings (SSSR count). The molecule has 2 aromatic carbocycles. The number of hydrogen-bond donors (Lipinski definition) is 3. The molecule has 7 nitrogen and oxygen atoms in total. The molecule has 0 heterocycles. The molecule has 0 aliphatic heterocycles. The van der Waals surface area contributed by atoms with Crippen molar-refractivity contribution in [2.75, 3.05) is 6.54 Å². The third-order valence-corrected chi connectivity index (χ3v) is 4.06. The number of carbonyl (C=O) groups is 3. The number of rotatable bonds is 9. The number of carboxylic acid groups (broad SMARTS) is 1. The fourth-order valence-electron chi connectivity index (χ4n) is 2.63. The zero-order chi connectivity index (χ0) is 20.5. The molecule has 1 unspecified atom stereocenters. The quantitative estimate of drug-likeness (QED) is 0.450. The van der Waals surface area contributed by atoms with Gasteiger partial charge in [0.25, 0.3) is 0 Å². The molecule has 3 N–H and O–H groups in total. The third-order valence-electron chi connectivity index (χ3n) is 4.06. The second-order valence-electron chi connectivity index (χ2n) is 6.28. The van der Waals surface area contributed by atoms with Crippen LogP contribution < -0.4 is 5.32 Å². The van der Waals surface area contributed by atoms with E-state index in [1.54, 1.807) is 24.3 Å². The maximum atomic E-state index is 13.0. The summed E-state index contributed by atoms with van der Waals surface area (Å²) in [5.41, 5.74) is 1.32. The molecular formula is C20H21FN2O5. The molecular weight excluding hydrogens is 367 g/mol. The second-order valence-corrected chi connectivity index (χ2v) is 6.28. The van der Waals surface area contributed by atoms with Gasteiger partial charge >= 0.3 is 5.97 Å². The average molecular weight is 388 g/mol. The summed E-state index contributed by atoms with van der Waals surface area (Å²) in [6.45, 7) is -0.718. The first-order valence-corrected chi connectivity index (χ1v) is 8.62. The summed E-state index contributed by atoms with van der Waals surface area (Å²) in [6.07, 6.45) is -0.0968. The summed E-state index contributed by atoms with van der Waals surface area (Å²) >= 11 is 0. The van der Waals surface area contributed by atoms with Crippen molar-refractivity contribution < 1.29 is 29.1 Å². The van der Waals surface area contributed by atoms with Crippen molar-refractivity contribution in [1.29, 1.82) is 0 Å². The van der Waals surface area contributed by atoms with Gasteiger partial charge in [-0.05, 0) is 29.7 Å². The van der Waals surface area contributed by atoms with Gasteiger partial charge in [0.1, 0.15) is 12.4 Å². The van der Waals surface area contributed by atoms with Crippen LogP contribution in [0.15, 0.2) is 54.6 Å². The zero-order valence-electron chi connectivity index (χ0n) is 15.0. The summed E-state index contributed by atoms with van der Waals surface area (Å²) in [6, 6.07) is 14.3. The van der Waals surface area contributed by atoms with Crippen LogP contribution in [0.25, 0.3) is 0 Å². The minimum absolute atomic E-state index is 0.159. The second kappa shape index (κ2) is 10.2. The number of carbonyl (C=O) groups excluding carboxylic acids is 2. The van der Waals surface area contributed by atoms with Crippen molar-refractivity contribution >= 4 is 17.8 Å². The highest BCUT2D eigenvalue weighted by molar-refractivity contribution is 5.87. The molecule has 0 aromatic heterocycles. The standard InChI is InChI=1S/C20H21FN2O5/c21-17-8-6-15(7-9-17)13-23(28)18(24)11-16(20(27)22-12-19(25)26)10-14-4-2-1-3-5-14/h1-9,16,28H,10-13H2,(H,22,27)(H,25,26). The first kappa shape index (κ1) is 21.0. The normalized spacial score (nSPS) is 11.5. The Bertz CT molecular complexity index is 811. The molecule has 28 heavy (non-hydrogen) atoms. The Labute approximate surface area is 161 Å². The number of nitrogens with zero attached hydrogens (tertiary/aromatic N) is 1. The Balaban J connectivity index is 2.04. The number of benzene rings is 2. The summed E-state index contributed by atoms with van der Waals surface area (Å²) in [5, 5.41) is 21.5. The molecule has 0 aliphatic rings. The van der Waals surface area contributed by atoms with E-state index in [4.69, 9.17) is 5.11 Å². The predicted octanol–water partition coefficient (Wildman–Crippen LogP) is 1.99. The topological polar surface area (TPSA) is 107 Å². The molecule has 148 valence electrons. The van der Waals surface area contributed by atoms with Crippen molar-refractivity contribution in [2.45, 2.75) is 19.4 Å². The van der Waals surface area contributed by atoms with Gasteiger partial charge in [0.2, 0.25) is 11.8 Å². The van der Waals surface area contributed by atoms with E-state index in [2.05, 4.69) is 5.32 Å². The molecule has 2 aromatic rings. The van der Waals surface area contributed by atoms with E-state index in [9.17, 15) is 24.0 Å². The average Bonchev–Trinajstić information content (AvgIpc) is 2.68. The maximum absolute atomic E-state index is 13.0. The number of hydroxylamine groups is 2. The summed E-state index contributed by atoms with van der Waals surface area (Å²) in [4.78, 5) is 35.4. The van der Waals surface area contributed by atoms with Gasteiger partial charge < -0.3 is 10.4 Å². The van der Waals surface area contributed by atoms with Crippen LogP contribution in [0.5, 0.6) is 0 Å². The van der Waals surface area contributed by atoms with E-state index in [1.807, 2.05) is 6.07 Å². The molecule has 2 amide bonds. The first-order valence-electron chi connectivity index (χ1n) is 8.62. The number of nitrogens with one attached hydrogen (secondary N) is 1. The van der Waals surface area contributed by atoms with Crippen LogP contribution >= 0.6 is 0 Å². The number of halogens is 1. The lowest BCUT2D eigenvalue weighted by Gasteiger charge is -2.20. The van der Waals surface area contributed by atoms with Crippen LogP contribution in [-0.4, -0.2) is 39.7 Å². The van der Waals surface area contributed by atoms with Crippen LogP contribution in [0.2, 0.25) is 0 Å². The first-order chi connectivity index (χ1) is 13.3. The van der Waals surface area contributed by atoms with Gasteiger partial charge in [-0.2, -0.15) is 0 Å². The van der Waals surface area contributed by atoms with E-state index >= 15 is 0 Å². The van der Waals surface area contributed by atoms with Gasteiger partial charge in [0.15, 0.2) is 0 Å². The summed E-state index contributed by atoms with van der Waals surface area (Å²) in [5.74, 6) is -3.77. The Morgan fingerprint density at radius 1 is 1.00 bits per heavy atom. The van der Waals surface area contributed by atoms with E-state index in [1.165, 1.54) is 24.3 Å². The van der Waals surface area contributed by atoms with Crippen LogP contribution in [0.1, 0.15) is 17.5 Å². The van der Waals surface area contributed by atoms with Crippen molar-refractivity contribution in [3.05, 3.63) is 71.5 Å². The van der Waals surface area contributed by atoms with Gasteiger partial charge in [-0.15, -0.1) is 0 Å². The van der Waals surface area contributed by atoms with E-state index < -0.39 is 36.1 Å². The number of aliphatic carboxylic acids is 1. The third kappa shape index (κ3) is 6.81. The molecule has 0 saturated heterocycles. The van der Waals surface area contributed by atoms with Gasteiger partial charge in [-0.25, -0.2) is 9.45 Å². The molecule has 1 atom stereocenters. The fourth-order valence-corrected chi connectivity index (χ4v) is 2.63. The monoisotopic (exact) mass is 388 g/mol. The SMILES string of the molecule is O=C(O)CNC(=O)C(CC(=O)N(O)Cc1ccc(F)cc1)Cc1ccccc1. The van der Waals surface area contributed by atoms with Gasteiger partial charge in [-0.3, -0.25) is 19.6 Å². The Morgan fingerprint density at radius 2 is 1.64 bits per heavy atom. The molecule has 0 aliphatic carbocycles. The molecule has 0 fully saturated rings. The lowest BCUT2D eigenvalue weighted by Crippen LogP contribution is -2.38. The highest BCUT2D eigenvalue weighted by Gasteiger charge is 2.25. The van der Waals surface area contributed by atoms with Gasteiger partial charge in [0.05, 0.1) is 12.5 Å². The van der Waals surface area contributed by atoms with Gasteiger partial charge in [-0.1, -0.05) is 42.5 Å². The minimum Gasteiger partial charge on any atom is -0.480 e. The number of amides is 2. The number of hydrogen-bond acceptors (Lipinski definition) is 4. The fraction of sp³-hybridized carbons (Fsp3) is 0.250. The minimum atomic E-state index is -1.20. The van der Waals surface area contributed by atoms with Crippen molar-refractivity contribution in [2.24, 2.45) is 5.92 Å². The van der Waals surface area contributed by atoms with E-state index in [0.717, 1.165) is 5.56 Å². The van der Waals surface area contributed by atoms with Crippen LogP contribution in [0.3, 0.4) is 0 Å². The van der Waals surface area contributed by atoms with Crippen molar-refractivity contribution in [1.82, 2.24) is 10.4 Å². The van der Waals surface area contributed by atoms with E-state index in [-0.39, 0.29) is 19.4 Å². The zero-order valence-corrected chi connectivity index (χ0v) is 15.0. The molecule has 0 spiro atoms. The molecule has 0 bridgehead atoms. The Kier molecular flexibility index (Phi) is 7.65. The Morgan fingerprint density at radius 3 is 2.25 bits per heavy atom. The molecule has 8 heteroatoms. The highest BCUT2D eigenvalue weighted by atomic mass is 19.1. The molecule has 0 saturated carbocycles. The summed E-state index contributed by atoms with van der Waals surface area (Å²) < 4.78 is 13.0. The predicted molar refractivity (Wildman–Crippen MR) is 97.6 cm³/mol. The van der Waals surface area contributed by atoms with Crippen LogP contribution in [-0.2, 0) is 27.3 Å². The van der Waals surface area contributed by atoms with Crippen molar-refractivity contribution in [3.63, 3.8) is 0 Å². The lowest BCUT2D eigenvalue weighted by molar-refractivity contribution is -0.169. The highest BCUT2D eigenvalue weighted by Crippen LogP contribution is 2.15. The number of carboxylic acids is 1. The maximum Gasteiger partial charge on any atom is 0.322 e. The van der Waals surface area contributed by atoms with Gasteiger partial charge in [0, 0.05) is 6.42 Å². The van der Waals surface area contributed by atoms with E-state index in [0.29, 0.717) is 10.6 Å². The largest absolute Gasteiger partial charge is 0.480 e. The van der Waals surface area contributed by atoms with Crippen LogP contribution in [0.4, 0.5) is 4.39 Å².